The van der Waals surface area contributed by atoms with E-state index in [2.05, 4.69) is 4.99 Å². The SMILES string of the molecule is COC(=O)Cn1c(=NC(=O)Cc2ccc(C)cc2)sc2cc(C)ccc21. The van der Waals surface area contributed by atoms with Crippen molar-refractivity contribution < 1.29 is 14.3 Å². The normalized spacial score (nSPS) is 11.7. The van der Waals surface area contributed by atoms with E-state index in [0.29, 0.717) is 4.80 Å². The fourth-order valence-electron chi connectivity index (χ4n) is 2.64. The van der Waals surface area contributed by atoms with Gasteiger partial charge < -0.3 is 9.30 Å². The Balaban J connectivity index is 2.00. The van der Waals surface area contributed by atoms with Gasteiger partial charge in [0.15, 0.2) is 4.80 Å². The van der Waals surface area contributed by atoms with Gasteiger partial charge >= 0.3 is 5.97 Å². The van der Waals surface area contributed by atoms with E-state index in [9.17, 15) is 9.59 Å². The van der Waals surface area contributed by atoms with Gasteiger partial charge in [0.2, 0.25) is 0 Å². The quantitative estimate of drug-likeness (QED) is 0.665. The number of nitrogens with zero attached hydrogens (tertiary/aromatic N) is 2. The lowest BCUT2D eigenvalue weighted by Gasteiger charge is -2.04. The van der Waals surface area contributed by atoms with Crippen molar-refractivity contribution in [2.45, 2.75) is 26.8 Å². The number of amides is 1. The number of ether oxygens (including phenoxy) is 1. The highest BCUT2D eigenvalue weighted by molar-refractivity contribution is 7.16. The molecule has 0 atom stereocenters. The van der Waals surface area contributed by atoms with Crippen LogP contribution in [-0.2, 0) is 27.3 Å². The smallest absolute Gasteiger partial charge is 0.325 e. The first kappa shape index (κ1) is 18.1. The van der Waals surface area contributed by atoms with Gasteiger partial charge in [-0.05, 0) is 37.1 Å². The summed E-state index contributed by atoms with van der Waals surface area (Å²) in [5.41, 5.74) is 4.05. The van der Waals surface area contributed by atoms with Crippen LogP contribution in [0.3, 0.4) is 0 Å². The van der Waals surface area contributed by atoms with Gasteiger partial charge in [-0.3, -0.25) is 9.59 Å². The zero-order valence-electron chi connectivity index (χ0n) is 15.0. The average Bonchev–Trinajstić information content (AvgIpc) is 2.93. The van der Waals surface area contributed by atoms with Crippen molar-refractivity contribution >= 4 is 33.4 Å². The predicted octanol–water partition coefficient (Wildman–Crippen LogP) is 3.16. The molecule has 0 N–H and O–H groups in total. The molecule has 6 heteroatoms. The number of esters is 1. The van der Waals surface area contributed by atoms with E-state index in [1.807, 2.05) is 56.3 Å². The zero-order valence-corrected chi connectivity index (χ0v) is 15.8. The highest BCUT2D eigenvalue weighted by Crippen LogP contribution is 2.19. The Kier molecular flexibility index (Phi) is 5.32. The third-order valence-electron chi connectivity index (χ3n) is 4.05. The molecule has 0 aliphatic carbocycles. The van der Waals surface area contributed by atoms with Gasteiger partial charge in [-0.2, -0.15) is 4.99 Å². The molecule has 1 aromatic heterocycles. The molecule has 3 aromatic rings. The Labute approximate surface area is 155 Å². The highest BCUT2D eigenvalue weighted by Gasteiger charge is 2.12. The number of carbonyl (C=O) groups excluding carboxylic acids is 2. The lowest BCUT2D eigenvalue weighted by Crippen LogP contribution is -2.22. The summed E-state index contributed by atoms with van der Waals surface area (Å²) >= 11 is 1.40. The largest absolute Gasteiger partial charge is 0.468 e. The fraction of sp³-hybridized carbons (Fsp3) is 0.250. The van der Waals surface area contributed by atoms with E-state index in [-0.39, 0.29) is 24.8 Å². The first-order valence-corrected chi connectivity index (χ1v) is 9.08. The van der Waals surface area contributed by atoms with Crippen molar-refractivity contribution in [1.82, 2.24) is 4.57 Å². The molecule has 0 fully saturated rings. The number of benzene rings is 2. The number of aromatic nitrogens is 1. The summed E-state index contributed by atoms with van der Waals surface area (Å²) in [4.78, 5) is 29.0. The lowest BCUT2D eigenvalue weighted by atomic mass is 10.1. The number of methoxy groups -OCH3 is 1. The second-order valence-corrected chi connectivity index (χ2v) is 7.20. The van der Waals surface area contributed by atoms with Crippen LogP contribution in [-0.4, -0.2) is 23.6 Å². The molecular weight excluding hydrogens is 348 g/mol. The molecule has 3 rings (SSSR count). The summed E-state index contributed by atoms with van der Waals surface area (Å²) < 4.78 is 7.50. The minimum atomic E-state index is -0.377. The first-order chi connectivity index (χ1) is 12.5. The summed E-state index contributed by atoms with van der Waals surface area (Å²) in [6, 6.07) is 13.7. The van der Waals surface area contributed by atoms with Crippen LogP contribution < -0.4 is 4.80 Å². The number of hydrogen-bond donors (Lipinski definition) is 0. The standard InChI is InChI=1S/C20H20N2O3S/c1-13-4-7-15(8-5-13)11-18(23)21-20-22(12-19(24)25-3)16-9-6-14(2)10-17(16)26-20/h4-10H,11-12H2,1-3H3. The van der Waals surface area contributed by atoms with Crippen LogP contribution in [0, 0.1) is 13.8 Å². The number of fused-ring (bicyclic) bond motifs is 1. The van der Waals surface area contributed by atoms with Crippen molar-refractivity contribution in [3.8, 4) is 0 Å². The molecule has 0 saturated carbocycles. The van der Waals surface area contributed by atoms with Crippen molar-refractivity contribution in [1.29, 1.82) is 0 Å². The molecule has 1 heterocycles. The van der Waals surface area contributed by atoms with E-state index in [0.717, 1.165) is 26.9 Å². The Bertz CT molecular complexity index is 1030. The van der Waals surface area contributed by atoms with E-state index < -0.39 is 0 Å². The third-order valence-corrected chi connectivity index (χ3v) is 5.09. The number of hydrogen-bond acceptors (Lipinski definition) is 4. The molecule has 0 unspecified atom stereocenters. The molecule has 134 valence electrons. The first-order valence-electron chi connectivity index (χ1n) is 8.26. The Morgan fingerprint density at radius 2 is 1.77 bits per heavy atom. The topological polar surface area (TPSA) is 60.7 Å². The van der Waals surface area contributed by atoms with Crippen LogP contribution in [0.5, 0.6) is 0 Å². The van der Waals surface area contributed by atoms with Crippen LogP contribution in [0.2, 0.25) is 0 Å². The summed E-state index contributed by atoms with van der Waals surface area (Å²) in [6.07, 6.45) is 0.228. The van der Waals surface area contributed by atoms with Crippen molar-refractivity contribution in [3.05, 3.63) is 64.0 Å². The lowest BCUT2D eigenvalue weighted by molar-refractivity contribution is -0.141. The monoisotopic (exact) mass is 368 g/mol. The fourth-order valence-corrected chi connectivity index (χ4v) is 3.78. The number of aryl methyl sites for hydroxylation is 2. The van der Waals surface area contributed by atoms with Crippen LogP contribution in [0.25, 0.3) is 10.2 Å². The maximum Gasteiger partial charge on any atom is 0.325 e. The van der Waals surface area contributed by atoms with E-state index >= 15 is 0 Å². The molecule has 0 saturated heterocycles. The maximum atomic E-state index is 12.4. The summed E-state index contributed by atoms with van der Waals surface area (Å²) in [6.45, 7) is 4.03. The van der Waals surface area contributed by atoms with Gasteiger partial charge in [-0.1, -0.05) is 47.2 Å². The van der Waals surface area contributed by atoms with Crippen LogP contribution >= 0.6 is 11.3 Å². The van der Waals surface area contributed by atoms with E-state index in [1.54, 1.807) is 4.57 Å². The van der Waals surface area contributed by atoms with Crippen molar-refractivity contribution in [3.63, 3.8) is 0 Å². The second-order valence-electron chi connectivity index (χ2n) is 6.19. The maximum absolute atomic E-state index is 12.4. The molecule has 2 aromatic carbocycles. The van der Waals surface area contributed by atoms with Gasteiger partial charge in [-0.25, -0.2) is 0 Å². The number of carbonyl (C=O) groups is 2. The summed E-state index contributed by atoms with van der Waals surface area (Å²) in [5.74, 6) is -0.617. The van der Waals surface area contributed by atoms with E-state index in [4.69, 9.17) is 4.74 Å². The van der Waals surface area contributed by atoms with Gasteiger partial charge in [-0.15, -0.1) is 0 Å². The summed E-state index contributed by atoms with van der Waals surface area (Å²) in [7, 11) is 1.35. The van der Waals surface area contributed by atoms with Gasteiger partial charge in [0.1, 0.15) is 6.54 Å². The van der Waals surface area contributed by atoms with Crippen LogP contribution in [0.15, 0.2) is 47.5 Å². The average molecular weight is 368 g/mol. The van der Waals surface area contributed by atoms with Gasteiger partial charge in [0.05, 0.1) is 23.7 Å². The number of rotatable bonds is 4. The zero-order chi connectivity index (χ0) is 18.7. The molecule has 0 aliphatic heterocycles. The molecule has 0 bridgehead atoms. The molecule has 26 heavy (non-hydrogen) atoms. The Morgan fingerprint density at radius 1 is 1.08 bits per heavy atom. The molecule has 0 spiro atoms. The van der Waals surface area contributed by atoms with Crippen LogP contribution in [0.1, 0.15) is 16.7 Å². The molecule has 1 amide bonds. The van der Waals surface area contributed by atoms with Crippen LogP contribution in [0.4, 0.5) is 0 Å². The molecule has 0 radical (unpaired) electrons. The highest BCUT2D eigenvalue weighted by atomic mass is 32.1. The second kappa shape index (κ2) is 7.66. The van der Waals surface area contributed by atoms with Crippen molar-refractivity contribution in [2.24, 2.45) is 4.99 Å². The molecule has 5 nitrogen and oxygen atoms in total. The third kappa shape index (κ3) is 4.08. The Morgan fingerprint density at radius 3 is 2.46 bits per heavy atom. The minimum Gasteiger partial charge on any atom is -0.468 e. The van der Waals surface area contributed by atoms with Gasteiger partial charge in [0, 0.05) is 0 Å². The van der Waals surface area contributed by atoms with E-state index in [1.165, 1.54) is 18.4 Å². The van der Waals surface area contributed by atoms with Crippen molar-refractivity contribution in [2.75, 3.05) is 7.11 Å². The number of thiazole rings is 1. The Hall–Kier alpha value is -2.73. The molecule has 0 aliphatic rings. The van der Waals surface area contributed by atoms with Gasteiger partial charge in [0.25, 0.3) is 5.91 Å². The predicted molar refractivity (Wildman–Crippen MR) is 102 cm³/mol. The summed E-state index contributed by atoms with van der Waals surface area (Å²) in [5, 5.41) is 0. The molecular formula is C20H20N2O3S. The minimum absolute atomic E-state index is 0.0240.